The predicted octanol–water partition coefficient (Wildman–Crippen LogP) is 4.50. The molecule has 148 valence electrons. The van der Waals surface area contributed by atoms with Crippen molar-refractivity contribution in [3.63, 3.8) is 0 Å². The molecule has 4 rings (SSSR count). The molecule has 0 spiro atoms. The Balaban J connectivity index is 1.35. The smallest absolute Gasteiger partial charge is 0.227 e. The lowest BCUT2D eigenvalue weighted by Crippen LogP contribution is -2.18. The van der Waals surface area contributed by atoms with Crippen molar-refractivity contribution in [2.24, 2.45) is 0 Å². The number of amides is 1. The molecule has 0 saturated heterocycles. The summed E-state index contributed by atoms with van der Waals surface area (Å²) in [4.78, 5) is 16.5. The summed E-state index contributed by atoms with van der Waals surface area (Å²) in [6.45, 7) is 0. The number of hydrogen-bond donors (Lipinski definition) is 1. The van der Waals surface area contributed by atoms with Crippen molar-refractivity contribution in [2.75, 3.05) is 11.1 Å². The second kappa shape index (κ2) is 8.18. The second-order valence-electron chi connectivity index (χ2n) is 6.56. The highest BCUT2D eigenvalue weighted by Crippen LogP contribution is 2.30. The van der Waals surface area contributed by atoms with E-state index in [1.54, 1.807) is 29.6 Å². The fourth-order valence-corrected chi connectivity index (χ4v) is 4.94. The zero-order valence-corrected chi connectivity index (χ0v) is 17.0. The highest BCUT2D eigenvalue weighted by atomic mass is 32.2. The van der Waals surface area contributed by atoms with Crippen LogP contribution in [0.15, 0.2) is 70.5 Å². The van der Waals surface area contributed by atoms with Gasteiger partial charge in [0.25, 0.3) is 0 Å². The number of carbonyl (C=O) groups excluding carboxylic acids is 1. The predicted molar refractivity (Wildman–Crippen MR) is 115 cm³/mol. The van der Waals surface area contributed by atoms with Gasteiger partial charge in [0.05, 0.1) is 11.5 Å². The summed E-state index contributed by atoms with van der Waals surface area (Å²) >= 11 is 1.27. The van der Waals surface area contributed by atoms with Gasteiger partial charge in [-0.2, -0.15) is 0 Å². The minimum atomic E-state index is -3.37. The van der Waals surface area contributed by atoms with E-state index in [9.17, 15) is 13.2 Å². The fourth-order valence-electron chi connectivity index (χ4n) is 2.88. The molecule has 1 N–H and O–H groups in total. The van der Waals surface area contributed by atoms with E-state index in [1.807, 2.05) is 36.4 Å². The number of nitrogens with one attached hydrogen (secondary N) is 1. The Morgan fingerprint density at radius 3 is 2.62 bits per heavy atom. The molecule has 6 nitrogen and oxygen atoms in total. The second-order valence-corrected chi connectivity index (χ2v) is 9.60. The molecule has 0 radical (unpaired) electrons. The molecule has 4 aromatic rings. The summed E-state index contributed by atoms with van der Waals surface area (Å²) in [7, 11) is -3.37. The fraction of sp³-hybridized carbons (Fsp3) is 0.143. The topological polar surface area (TPSA) is 89.3 Å². The molecule has 0 saturated carbocycles. The Morgan fingerprint density at radius 2 is 1.83 bits per heavy atom. The van der Waals surface area contributed by atoms with Crippen molar-refractivity contribution in [3.05, 3.63) is 71.6 Å². The van der Waals surface area contributed by atoms with Crippen molar-refractivity contribution >= 4 is 43.2 Å². The van der Waals surface area contributed by atoms with E-state index in [4.69, 9.17) is 4.42 Å². The van der Waals surface area contributed by atoms with Crippen molar-refractivity contribution < 1.29 is 17.6 Å². The SMILES string of the molecule is O=C(CCS(=O)(=O)Cc1ccccc1)Nc1nc(-c2cc3ccccc3o2)cs1. The van der Waals surface area contributed by atoms with Crippen LogP contribution in [-0.4, -0.2) is 25.1 Å². The number of sulfone groups is 1. The lowest BCUT2D eigenvalue weighted by molar-refractivity contribution is -0.115. The van der Waals surface area contributed by atoms with E-state index in [1.165, 1.54) is 11.3 Å². The number of para-hydroxylation sites is 1. The van der Waals surface area contributed by atoms with Crippen LogP contribution in [-0.2, 0) is 20.4 Å². The summed E-state index contributed by atoms with van der Waals surface area (Å²) in [6, 6.07) is 18.5. The van der Waals surface area contributed by atoms with Gasteiger partial charge >= 0.3 is 0 Å². The maximum atomic E-state index is 12.2. The molecule has 1 amide bonds. The normalized spacial score (nSPS) is 11.6. The maximum Gasteiger partial charge on any atom is 0.227 e. The highest BCUT2D eigenvalue weighted by molar-refractivity contribution is 7.90. The summed E-state index contributed by atoms with van der Waals surface area (Å²) in [5.41, 5.74) is 2.10. The molecular weight excluding hydrogens is 408 g/mol. The zero-order valence-electron chi connectivity index (χ0n) is 15.4. The molecule has 0 fully saturated rings. The lowest BCUT2D eigenvalue weighted by Gasteiger charge is -2.04. The van der Waals surface area contributed by atoms with E-state index in [-0.39, 0.29) is 23.8 Å². The molecule has 2 aromatic heterocycles. The van der Waals surface area contributed by atoms with E-state index < -0.39 is 9.84 Å². The Labute approximate surface area is 172 Å². The molecule has 0 bridgehead atoms. The minimum Gasteiger partial charge on any atom is -0.454 e. The zero-order chi connectivity index (χ0) is 20.3. The molecule has 0 aliphatic rings. The Bertz CT molecular complexity index is 1210. The number of anilines is 1. The van der Waals surface area contributed by atoms with Gasteiger partial charge in [0.15, 0.2) is 20.7 Å². The van der Waals surface area contributed by atoms with E-state index in [2.05, 4.69) is 10.3 Å². The number of thiazole rings is 1. The van der Waals surface area contributed by atoms with E-state index >= 15 is 0 Å². The largest absolute Gasteiger partial charge is 0.454 e. The van der Waals surface area contributed by atoms with Crippen molar-refractivity contribution in [3.8, 4) is 11.5 Å². The number of furan rings is 1. The summed E-state index contributed by atoms with van der Waals surface area (Å²) < 4.78 is 30.2. The van der Waals surface area contributed by atoms with Gasteiger partial charge < -0.3 is 9.73 Å². The van der Waals surface area contributed by atoms with Crippen LogP contribution < -0.4 is 5.32 Å². The molecule has 0 aliphatic carbocycles. The standard InChI is InChI=1S/C21H18N2O4S2/c24-20(10-11-29(25,26)14-15-6-2-1-3-7-15)23-21-22-17(13-28-21)19-12-16-8-4-5-9-18(16)27-19/h1-9,12-13H,10-11,14H2,(H,22,23,24). The van der Waals surface area contributed by atoms with Crippen LogP contribution in [0.5, 0.6) is 0 Å². The van der Waals surface area contributed by atoms with Crippen LogP contribution in [0.25, 0.3) is 22.4 Å². The Morgan fingerprint density at radius 1 is 1.07 bits per heavy atom. The molecule has 2 aromatic carbocycles. The number of fused-ring (bicyclic) bond motifs is 1. The Hall–Kier alpha value is -2.97. The third-order valence-electron chi connectivity index (χ3n) is 4.30. The molecule has 29 heavy (non-hydrogen) atoms. The molecule has 0 atom stereocenters. The molecule has 2 heterocycles. The lowest BCUT2D eigenvalue weighted by atomic mass is 10.2. The number of hydrogen-bond acceptors (Lipinski definition) is 6. The number of benzene rings is 2. The van der Waals surface area contributed by atoms with Gasteiger partial charge in [0.1, 0.15) is 11.3 Å². The van der Waals surface area contributed by atoms with Crippen LogP contribution in [0.3, 0.4) is 0 Å². The monoisotopic (exact) mass is 426 g/mol. The van der Waals surface area contributed by atoms with Gasteiger partial charge in [0.2, 0.25) is 5.91 Å². The van der Waals surface area contributed by atoms with Crippen LogP contribution in [0, 0.1) is 0 Å². The summed E-state index contributed by atoms with van der Waals surface area (Å²) in [5, 5.41) is 5.84. The van der Waals surface area contributed by atoms with Crippen molar-refractivity contribution in [1.82, 2.24) is 4.98 Å². The van der Waals surface area contributed by atoms with E-state index in [0.717, 1.165) is 11.0 Å². The number of rotatable bonds is 7. The third kappa shape index (κ3) is 4.90. The quantitative estimate of drug-likeness (QED) is 0.470. The maximum absolute atomic E-state index is 12.2. The Kier molecular flexibility index (Phi) is 5.46. The van der Waals surface area contributed by atoms with Crippen molar-refractivity contribution in [2.45, 2.75) is 12.2 Å². The first-order valence-electron chi connectivity index (χ1n) is 8.97. The van der Waals surface area contributed by atoms with Gasteiger partial charge in [-0.25, -0.2) is 13.4 Å². The van der Waals surface area contributed by atoms with Gasteiger partial charge in [0, 0.05) is 17.2 Å². The van der Waals surface area contributed by atoms with Gasteiger partial charge in [-0.3, -0.25) is 4.79 Å². The average molecular weight is 427 g/mol. The average Bonchev–Trinajstić information content (AvgIpc) is 3.33. The first-order chi connectivity index (χ1) is 14.0. The van der Waals surface area contributed by atoms with E-state index in [0.29, 0.717) is 22.1 Å². The first-order valence-corrected chi connectivity index (χ1v) is 11.7. The molecule has 8 heteroatoms. The number of carbonyl (C=O) groups is 1. The van der Waals surface area contributed by atoms with Crippen molar-refractivity contribution in [1.29, 1.82) is 0 Å². The van der Waals surface area contributed by atoms with Crippen LogP contribution in [0.4, 0.5) is 5.13 Å². The highest BCUT2D eigenvalue weighted by Gasteiger charge is 2.16. The van der Waals surface area contributed by atoms with Crippen LogP contribution in [0.1, 0.15) is 12.0 Å². The molecule has 0 unspecified atom stereocenters. The van der Waals surface area contributed by atoms with Gasteiger partial charge in [-0.1, -0.05) is 48.5 Å². The summed E-state index contributed by atoms with van der Waals surface area (Å²) in [5.74, 6) is -0.0510. The van der Waals surface area contributed by atoms with Gasteiger partial charge in [-0.05, 0) is 17.7 Å². The summed E-state index contributed by atoms with van der Waals surface area (Å²) in [6.07, 6.45) is -0.116. The van der Waals surface area contributed by atoms with Crippen LogP contribution in [0.2, 0.25) is 0 Å². The molecule has 0 aliphatic heterocycles. The number of nitrogens with zero attached hydrogens (tertiary/aromatic N) is 1. The first kappa shape index (κ1) is 19.4. The van der Waals surface area contributed by atoms with Crippen LogP contribution >= 0.6 is 11.3 Å². The van der Waals surface area contributed by atoms with Gasteiger partial charge in [-0.15, -0.1) is 11.3 Å². The number of aromatic nitrogens is 1. The minimum absolute atomic E-state index is 0.0748. The third-order valence-corrected chi connectivity index (χ3v) is 6.66. The molecular formula is C21H18N2O4S2.